The first-order valence-electron chi connectivity index (χ1n) is 24.3. The molecule has 2 heterocycles. The smallest absolute Gasteiger partial charge is 0.244 e. The highest BCUT2D eigenvalue weighted by Gasteiger charge is 2.36. The Balaban J connectivity index is 1.76. The van der Waals surface area contributed by atoms with Crippen LogP contribution in [-0.2, 0) is 56.0 Å². The number of nitrogens with zero attached hydrogens (tertiary/aromatic N) is 2. The number of amides is 9. The van der Waals surface area contributed by atoms with Crippen LogP contribution in [0.4, 0.5) is 0 Å². The molecule has 26 heteroatoms. The van der Waals surface area contributed by atoms with Crippen molar-refractivity contribution in [3.63, 3.8) is 0 Å². The van der Waals surface area contributed by atoms with Gasteiger partial charge >= 0.3 is 0 Å². The van der Waals surface area contributed by atoms with Crippen LogP contribution in [0.2, 0.25) is 0 Å². The Morgan fingerprint density at radius 1 is 0.716 bits per heavy atom. The molecule has 2 aromatic carbocycles. The summed E-state index contributed by atoms with van der Waals surface area (Å²) in [6.07, 6.45) is 1.69. The van der Waals surface area contributed by atoms with Gasteiger partial charge in [0.2, 0.25) is 53.2 Å². The molecule has 4 rings (SSSR count). The van der Waals surface area contributed by atoms with Crippen LogP contribution < -0.4 is 76.9 Å². The summed E-state index contributed by atoms with van der Waals surface area (Å²) in [5.74, 6) is -7.78. The number of primary amides is 1. The summed E-state index contributed by atoms with van der Waals surface area (Å²) in [7, 11) is 0. The van der Waals surface area contributed by atoms with Gasteiger partial charge in [-0.3, -0.25) is 53.1 Å². The number of carbonyl (C=O) groups is 9. The molecule has 0 radical (unpaired) electrons. The van der Waals surface area contributed by atoms with E-state index in [1.54, 1.807) is 36.5 Å². The predicted octanol–water partition coefficient (Wildman–Crippen LogP) is -4.00. The molecule has 0 bridgehead atoms. The van der Waals surface area contributed by atoms with E-state index in [4.69, 9.17) is 34.4 Å². The Hall–Kier alpha value is -8.29. The summed E-state index contributed by atoms with van der Waals surface area (Å²) in [4.78, 5) is 135. The molecule has 1 saturated heterocycles. The zero-order valence-corrected chi connectivity index (χ0v) is 41.6. The van der Waals surface area contributed by atoms with Gasteiger partial charge in [-0.2, -0.15) is 0 Å². The number of H-pyrrole nitrogens is 1. The molecule has 26 nitrogen and oxygen atoms in total. The molecule has 1 aliphatic heterocycles. The zero-order valence-electron chi connectivity index (χ0n) is 41.6. The van der Waals surface area contributed by atoms with Crippen molar-refractivity contribution < 1.29 is 43.2 Å². The Bertz CT molecular complexity index is 2490. The maximum absolute atomic E-state index is 14.6. The van der Waals surface area contributed by atoms with Crippen molar-refractivity contribution in [3.05, 3.63) is 71.9 Å². The van der Waals surface area contributed by atoms with Gasteiger partial charge in [-0.15, -0.1) is 0 Å². The fourth-order valence-corrected chi connectivity index (χ4v) is 8.07. The molecule has 74 heavy (non-hydrogen) atoms. The summed E-state index contributed by atoms with van der Waals surface area (Å²) >= 11 is 0. The van der Waals surface area contributed by atoms with Crippen molar-refractivity contribution in [2.45, 2.75) is 126 Å². The van der Waals surface area contributed by atoms with Gasteiger partial charge in [-0.05, 0) is 69.1 Å². The van der Waals surface area contributed by atoms with Gasteiger partial charge in [-0.1, -0.05) is 48.5 Å². The van der Waals surface area contributed by atoms with Crippen LogP contribution in [0.3, 0.4) is 0 Å². The highest BCUT2D eigenvalue weighted by Crippen LogP contribution is 2.20. The molecule has 402 valence electrons. The number of aliphatic imine (C=N–C) groups is 2. The van der Waals surface area contributed by atoms with E-state index in [1.165, 1.54) is 13.8 Å². The second-order valence-electron chi connectivity index (χ2n) is 18.0. The summed E-state index contributed by atoms with van der Waals surface area (Å²) in [6, 6.07) is 4.94. The highest BCUT2D eigenvalue weighted by molar-refractivity contribution is 5.99. The van der Waals surface area contributed by atoms with Crippen molar-refractivity contribution in [1.29, 1.82) is 0 Å². The Morgan fingerprint density at radius 2 is 1.32 bits per heavy atom. The SMILES string of the molecule is CC(=O)N[C@@H](CCCN=C(N)N)C(=O)N[C@H]1CC(=O)NCCCC[C@@H](C(N)=O)NC(=O)[C@H](Cc2c[nH]c3ccccc23)NC(=O)[C@H](CCCN=C(N)N)NC(=O)[C@@H](Cc2ccccc2)NC(=O)[C@H](C(C)N)NC1=O. The van der Waals surface area contributed by atoms with Crippen molar-refractivity contribution in [3.8, 4) is 0 Å². The van der Waals surface area contributed by atoms with Gasteiger partial charge in [0, 0.05) is 62.5 Å². The number of para-hydroxylation sites is 1. The van der Waals surface area contributed by atoms with Crippen LogP contribution in [0.15, 0.2) is 70.8 Å². The number of nitrogens with one attached hydrogen (secondary N) is 9. The fourth-order valence-electron chi connectivity index (χ4n) is 8.07. The van der Waals surface area contributed by atoms with Crippen LogP contribution in [0.5, 0.6) is 0 Å². The van der Waals surface area contributed by atoms with Crippen LogP contribution >= 0.6 is 0 Å². The molecular formula is C48H71N17O9. The number of guanidine groups is 2. The first kappa shape index (κ1) is 58.3. The van der Waals surface area contributed by atoms with Gasteiger partial charge in [-0.25, -0.2) is 0 Å². The average Bonchev–Trinajstić information content (AvgIpc) is 3.75. The van der Waals surface area contributed by atoms with Gasteiger partial charge in [0.05, 0.1) is 6.42 Å². The van der Waals surface area contributed by atoms with E-state index in [-0.39, 0.29) is 89.3 Å². The largest absolute Gasteiger partial charge is 0.370 e. The number of fused-ring (bicyclic) bond motifs is 1. The van der Waals surface area contributed by atoms with Gasteiger partial charge in [0.25, 0.3) is 0 Å². The molecule has 0 spiro atoms. The number of hydrogen-bond acceptors (Lipinski definition) is 12. The van der Waals surface area contributed by atoms with Gasteiger partial charge < -0.3 is 81.9 Å². The molecule has 1 aromatic heterocycles. The van der Waals surface area contributed by atoms with E-state index in [0.29, 0.717) is 11.1 Å². The number of hydrogen-bond donors (Lipinski definition) is 15. The number of rotatable bonds is 17. The topological polar surface area (TPSA) is 446 Å². The third-order valence-corrected chi connectivity index (χ3v) is 11.9. The normalized spacial score (nSPS) is 21.7. The number of benzene rings is 2. The monoisotopic (exact) mass is 1030 g/mol. The van der Waals surface area contributed by atoms with Crippen LogP contribution in [0.25, 0.3) is 10.9 Å². The molecule has 3 aromatic rings. The number of aromatic amines is 1. The standard InChI is InChI=1S/C48H71N17O9/c1-26(49)39-46(74)64-35(22-28-12-4-3-5-13-28)43(71)61-34(18-11-21-57-48(53)54)42(70)62-36(23-29-25-58-31-15-7-6-14-30(29)31)44(72)60-32(40(50)68)16-8-9-19-55-38(67)24-37(45(73)65-39)63-41(69)33(59-27(2)66)17-10-20-56-47(51)52/h3-7,12-15,25-26,32-37,39,58H,8-11,16-24,49H2,1-2H3,(H2,50,68)(H,55,67)(H,59,66)(H,60,72)(H,61,71)(H,62,70)(H,63,69)(H,64,74)(H,65,73)(H4,51,52,56)(H4,53,54,57)/t26?,32-,33-,34-,35+,36-,37-,39-/m0/s1. The second kappa shape index (κ2) is 29.3. The van der Waals surface area contributed by atoms with Crippen LogP contribution in [0.1, 0.15) is 76.3 Å². The van der Waals surface area contributed by atoms with Crippen molar-refractivity contribution in [2.24, 2.45) is 44.4 Å². The van der Waals surface area contributed by atoms with Crippen molar-refractivity contribution in [1.82, 2.24) is 47.5 Å². The maximum Gasteiger partial charge on any atom is 0.244 e. The van der Waals surface area contributed by atoms with Crippen molar-refractivity contribution in [2.75, 3.05) is 19.6 Å². The maximum atomic E-state index is 14.6. The summed E-state index contributed by atoms with van der Waals surface area (Å²) in [5.41, 5.74) is 36.0. The lowest BCUT2D eigenvalue weighted by atomic mass is 10.0. The minimum atomic E-state index is -1.65. The predicted molar refractivity (Wildman–Crippen MR) is 275 cm³/mol. The van der Waals surface area contributed by atoms with Gasteiger partial charge in [0.1, 0.15) is 42.3 Å². The van der Waals surface area contributed by atoms with Crippen molar-refractivity contribution >= 4 is 76.0 Å². The molecule has 9 amide bonds. The summed E-state index contributed by atoms with van der Waals surface area (Å²) in [5, 5.41) is 21.8. The molecule has 1 aliphatic rings. The zero-order chi connectivity index (χ0) is 54.3. The van der Waals surface area contributed by atoms with E-state index < -0.39 is 108 Å². The summed E-state index contributed by atoms with van der Waals surface area (Å²) < 4.78 is 0. The molecule has 21 N–H and O–H groups in total. The van der Waals surface area contributed by atoms with E-state index in [0.717, 1.165) is 10.9 Å². The van der Waals surface area contributed by atoms with E-state index in [2.05, 4.69) is 57.5 Å². The van der Waals surface area contributed by atoms with Crippen LogP contribution in [0, 0.1) is 0 Å². The minimum Gasteiger partial charge on any atom is -0.370 e. The quantitative estimate of drug-likeness (QED) is 0.0348. The molecule has 8 atom stereocenters. The molecule has 0 saturated carbocycles. The number of aromatic nitrogens is 1. The molecule has 1 unspecified atom stereocenters. The Labute approximate surface area is 427 Å². The third-order valence-electron chi connectivity index (χ3n) is 11.9. The molecule has 0 aliphatic carbocycles. The first-order chi connectivity index (χ1) is 35.2. The Morgan fingerprint density at radius 3 is 1.99 bits per heavy atom. The lowest BCUT2D eigenvalue weighted by Crippen LogP contribution is -2.63. The van der Waals surface area contributed by atoms with E-state index in [9.17, 15) is 43.2 Å². The van der Waals surface area contributed by atoms with Crippen LogP contribution in [-0.4, -0.2) is 138 Å². The second-order valence-corrected chi connectivity index (χ2v) is 18.0. The lowest BCUT2D eigenvalue weighted by molar-refractivity contribution is -0.136. The number of carbonyl (C=O) groups excluding carboxylic acids is 9. The van der Waals surface area contributed by atoms with Gasteiger partial charge in [0.15, 0.2) is 11.9 Å². The summed E-state index contributed by atoms with van der Waals surface area (Å²) in [6.45, 7) is 2.77. The van der Waals surface area contributed by atoms with E-state index in [1.807, 2.05) is 24.3 Å². The highest BCUT2D eigenvalue weighted by atomic mass is 16.2. The third kappa shape index (κ3) is 19.4. The molecular weight excluding hydrogens is 959 g/mol. The first-order valence-corrected chi connectivity index (χ1v) is 24.3. The number of nitrogens with two attached hydrogens (primary N) is 6. The molecule has 1 fully saturated rings. The Kier molecular flexibility index (Phi) is 23.1. The average molecular weight is 1030 g/mol. The fraction of sp³-hybridized carbons (Fsp3) is 0.479. The lowest BCUT2D eigenvalue weighted by Gasteiger charge is -2.29. The minimum absolute atomic E-state index is 0.0123. The van der Waals surface area contributed by atoms with E-state index >= 15 is 0 Å².